The molecule has 4 aliphatic rings. The average molecular weight is 1310 g/mol. The highest BCUT2D eigenvalue weighted by Crippen LogP contribution is 2.52. The zero-order chi connectivity index (χ0) is 65.5. The van der Waals surface area contributed by atoms with Gasteiger partial charge in [-0.2, -0.15) is 35.2 Å². The van der Waals surface area contributed by atoms with Crippen LogP contribution in [0.5, 0.6) is 0 Å². The van der Waals surface area contributed by atoms with Crippen molar-refractivity contribution in [2.75, 3.05) is 102 Å². The summed E-state index contributed by atoms with van der Waals surface area (Å²) in [5.41, 5.74) is 4.27. The summed E-state index contributed by atoms with van der Waals surface area (Å²) in [7, 11) is 0. The van der Waals surface area contributed by atoms with Gasteiger partial charge in [0, 0.05) is 68.4 Å². The van der Waals surface area contributed by atoms with E-state index in [1.807, 2.05) is 0 Å². The first kappa shape index (κ1) is 70.2. The van der Waals surface area contributed by atoms with Crippen LogP contribution in [0.1, 0.15) is 73.5 Å². The molecule has 5 amide bonds. The van der Waals surface area contributed by atoms with Crippen molar-refractivity contribution in [3.05, 3.63) is 84.5 Å². The summed E-state index contributed by atoms with van der Waals surface area (Å²) in [4.78, 5) is 89.3. The first-order valence-corrected chi connectivity index (χ1v) is 31.6. The van der Waals surface area contributed by atoms with Gasteiger partial charge in [-0.25, -0.2) is 15.0 Å². The van der Waals surface area contributed by atoms with E-state index in [2.05, 4.69) is 79.5 Å². The molecule has 4 aromatic rings. The molecule has 1 saturated carbocycles. The van der Waals surface area contributed by atoms with Gasteiger partial charge in [0.15, 0.2) is 23.2 Å². The lowest BCUT2D eigenvalue weighted by atomic mass is 9.93. The fourth-order valence-electron chi connectivity index (χ4n) is 10.3. The van der Waals surface area contributed by atoms with Crippen molar-refractivity contribution in [2.45, 2.75) is 99.8 Å². The molecular weight excluding hydrogens is 1230 g/mol. The van der Waals surface area contributed by atoms with E-state index in [0.29, 0.717) is 106 Å². The maximum atomic E-state index is 13.6. The van der Waals surface area contributed by atoms with Crippen LogP contribution in [0.25, 0.3) is 11.2 Å². The number of carboxylic acids is 1. The molecule has 11 N–H and O–H groups in total. The van der Waals surface area contributed by atoms with Gasteiger partial charge in [-0.05, 0) is 92.5 Å². The van der Waals surface area contributed by atoms with Gasteiger partial charge in [-0.3, -0.25) is 33.3 Å². The fraction of sp³-hybridized carbons (Fsp3) is 0.576. The standard InChI is InChI=1S/C59H78F3N15O14S/c60-59(61,62)58(75-76-58)39-7-11-41(12-8-39)74-73-40-9-5-37(6-10-40)53(82)72-44(55(84)67-20-19-65-47(79)15-22-87-24-26-89-28-29-90-27-25-88-23-21-68-54(83)42-32-36-3-4-38(42)31-36)13-14-46(78)64-17-1-2-18-66-51-48-52(70-34-69-51)77(35-71-48)56-50(81)49(80)45(91-56)33-92-30-16-43(63)57(85)86/h3-12,34-36,38,42-45,49-50,56,80-81H,1-2,13-33,63H2,(H,64,78)(H,65,79)(H,67,84)(H,68,83)(H,72,82)(H,85,86)(H,66,69,70)/b74-73+/t36?,38?,42?,43?,44-,45?,49?,50?,56?/m1/s1. The quantitative estimate of drug-likeness (QED) is 0.0173. The number of allylic oxidation sites excluding steroid dienone is 2. The Balaban J connectivity index is 0.718. The lowest BCUT2D eigenvalue weighted by Gasteiger charge is -2.19. The minimum Gasteiger partial charge on any atom is -0.480 e. The fourth-order valence-corrected chi connectivity index (χ4v) is 11.4. The molecule has 2 fully saturated rings. The van der Waals surface area contributed by atoms with Gasteiger partial charge in [0.1, 0.15) is 30.6 Å². The van der Waals surface area contributed by atoms with E-state index in [1.54, 1.807) is 0 Å². The third-order valence-corrected chi connectivity index (χ3v) is 16.6. The number of azo groups is 1. The largest absolute Gasteiger partial charge is 0.480 e. The van der Waals surface area contributed by atoms with Gasteiger partial charge in [-0.1, -0.05) is 24.3 Å². The van der Waals surface area contributed by atoms with E-state index in [9.17, 15) is 52.2 Å². The SMILES string of the molecule is NC(CCSCC1OC(n2cnc3c(NCCCCNC(=O)CC[C@@H](NC(=O)c4ccc(/N=N/c5ccc(C6(C(F)(F)F)N=N6)cc5)cc4)C(=O)NCCNC(=O)CCOCCOCCOCCOCCNC(=O)C4CC5C=CC4C5)ncnc32)C(O)C1O)C(=O)O. The molecule has 4 heterocycles. The molecule has 1 saturated heterocycles. The number of fused-ring (bicyclic) bond motifs is 3. The van der Waals surface area contributed by atoms with E-state index in [4.69, 9.17) is 34.5 Å². The van der Waals surface area contributed by atoms with Gasteiger partial charge in [0.05, 0.1) is 76.7 Å². The molecule has 8 unspecified atom stereocenters. The van der Waals surface area contributed by atoms with Crippen LogP contribution in [0, 0.1) is 17.8 Å². The number of aliphatic hydroxyl groups is 2. The lowest BCUT2D eigenvalue weighted by molar-refractivity contribution is -0.166. The van der Waals surface area contributed by atoms with Crippen molar-refractivity contribution in [3.63, 3.8) is 0 Å². The van der Waals surface area contributed by atoms with Crippen molar-refractivity contribution < 1.29 is 80.9 Å². The number of benzene rings is 2. The number of hydrogen-bond donors (Lipinski definition) is 10. The number of amides is 5. The zero-order valence-electron chi connectivity index (χ0n) is 50.4. The number of nitrogens with one attached hydrogen (secondary N) is 6. The molecule has 0 spiro atoms. The smallest absolute Gasteiger partial charge is 0.442 e. The summed E-state index contributed by atoms with van der Waals surface area (Å²) in [5, 5.41) is 62.3. The molecule has 500 valence electrons. The average Bonchev–Trinajstić information content (AvgIpc) is 1.60. The minimum absolute atomic E-state index is 0.00535. The van der Waals surface area contributed by atoms with E-state index in [-0.39, 0.29) is 105 Å². The number of hydrogen-bond acceptors (Lipinski definition) is 23. The number of aliphatic carboxylic acids is 1. The Kier molecular flexibility index (Phi) is 26.6. The first-order valence-electron chi connectivity index (χ1n) is 30.4. The minimum atomic E-state index is -4.68. The summed E-state index contributed by atoms with van der Waals surface area (Å²) in [6.07, 6.45) is 1.27. The number of aromatic nitrogens is 4. The van der Waals surface area contributed by atoms with Crippen molar-refractivity contribution >= 4 is 75.6 Å². The zero-order valence-corrected chi connectivity index (χ0v) is 51.2. The van der Waals surface area contributed by atoms with Crippen molar-refractivity contribution in [1.82, 2.24) is 46.1 Å². The molecular formula is C59H78F3N15O14S. The van der Waals surface area contributed by atoms with Crippen LogP contribution < -0.4 is 37.6 Å². The molecule has 2 aliphatic carbocycles. The van der Waals surface area contributed by atoms with Gasteiger partial charge in [0.25, 0.3) is 5.91 Å². The Labute approximate surface area is 531 Å². The van der Waals surface area contributed by atoms with Crippen LogP contribution in [-0.2, 0) is 53.3 Å². The number of rotatable bonds is 41. The lowest BCUT2D eigenvalue weighted by Crippen LogP contribution is -2.48. The molecule has 33 heteroatoms. The predicted molar refractivity (Wildman–Crippen MR) is 325 cm³/mol. The predicted octanol–water partition coefficient (Wildman–Crippen LogP) is 3.48. The van der Waals surface area contributed by atoms with Crippen molar-refractivity contribution in [3.8, 4) is 0 Å². The second kappa shape index (κ2) is 34.9. The van der Waals surface area contributed by atoms with Gasteiger partial charge in [0.2, 0.25) is 23.6 Å². The number of nitrogens with zero attached hydrogens (tertiary/aromatic N) is 8. The summed E-state index contributed by atoms with van der Waals surface area (Å²) in [6, 6.07) is 8.74. The summed E-state index contributed by atoms with van der Waals surface area (Å²) < 4.78 is 69.9. The summed E-state index contributed by atoms with van der Waals surface area (Å²) >= 11 is 1.35. The second-order valence-electron chi connectivity index (χ2n) is 22.1. The topological polar surface area (TPSA) is 400 Å². The number of unbranched alkanes of at least 4 members (excludes halogenated alkanes) is 1. The number of thioether (sulfide) groups is 1. The Hall–Kier alpha value is -7.63. The van der Waals surface area contributed by atoms with Crippen LogP contribution in [0.4, 0.5) is 30.4 Å². The number of alkyl halides is 3. The van der Waals surface area contributed by atoms with Crippen molar-refractivity contribution in [1.29, 1.82) is 0 Å². The number of halogens is 3. The highest BCUT2D eigenvalue weighted by Gasteiger charge is 2.65. The normalized spacial score (nSPS) is 20.9. The Morgan fingerprint density at radius 2 is 1.38 bits per heavy atom. The molecule has 2 bridgehead atoms. The maximum absolute atomic E-state index is 13.6. The van der Waals surface area contributed by atoms with Crippen LogP contribution >= 0.6 is 11.8 Å². The highest BCUT2D eigenvalue weighted by molar-refractivity contribution is 7.99. The number of carboxylic acid groups (broad SMARTS) is 1. The third-order valence-electron chi connectivity index (χ3n) is 15.5. The van der Waals surface area contributed by atoms with Crippen LogP contribution in [0.3, 0.4) is 0 Å². The van der Waals surface area contributed by atoms with Gasteiger partial charge in [-0.15, -0.1) is 10.2 Å². The van der Waals surface area contributed by atoms with Crippen LogP contribution in [0.2, 0.25) is 0 Å². The molecule has 92 heavy (non-hydrogen) atoms. The van der Waals surface area contributed by atoms with Crippen molar-refractivity contribution in [2.24, 2.45) is 43.9 Å². The van der Waals surface area contributed by atoms with E-state index in [1.165, 1.54) is 77.5 Å². The number of imidazole rings is 1. The monoisotopic (exact) mass is 1310 g/mol. The molecule has 2 aromatic heterocycles. The number of ether oxygens (including phenoxy) is 5. The molecule has 29 nitrogen and oxygen atoms in total. The molecule has 0 radical (unpaired) electrons. The molecule has 2 aromatic carbocycles. The van der Waals surface area contributed by atoms with E-state index >= 15 is 0 Å². The van der Waals surface area contributed by atoms with Crippen LogP contribution in [0.15, 0.2) is 93.8 Å². The molecule has 2 aliphatic heterocycles. The number of nitrogens with two attached hydrogens (primary N) is 1. The van der Waals surface area contributed by atoms with Gasteiger partial charge < -0.3 is 76.6 Å². The van der Waals surface area contributed by atoms with E-state index in [0.717, 1.165) is 12.8 Å². The van der Waals surface area contributed by atoms with Crippen LogP contribution in [-0.4, -0.2) is 204 Å². The summed E-state index contributed by atoms with van der Waals surface area (Å²) in [6.45, 7) is 3.75. The number of anilines is 1. The van der Waals surface area contributed by atoms with E-state index < -0.39 is 66.2 Å². The number of aliphatic hydroxyl groups excluding tert-OH is 2. The maximum Gasteiger partial charge on any atom is 0.442 e. The second-order valence-corrected chi connectivity index (χ2v) is 23.3. The Morgan fingerprint density at radius 3 is 2.03 bits per heavy atom. The van der Waals surface area contributed by atoms with Gasteiger partial charge >= 0.3 is 17.8 Å². The number of carbonyl (C=O) groups excluding carboxylic acids is 5. The summed E-state index contributed by atoms with van der Waals surface area (Å²) in [5.74, 6) is -0.898. The Morgan fingerprint density at radius 1 is 0.739 bits per heavy atom. The first-order chi connectivity index (χ1) is 44.4. The highest BCUT2D eigenvalue weighted by atomic mass is 32.2. The Bertz CT molecular complexity index is 3180. The molecule has 9 atom stereocenters. The molecule has 8 rings (SSSR count). The number of carbonyl (C=O) groups is 6. The third kappa shape index (κ3) is 20.4.